The summed E-state index contributed by atoms with van der Waals surface area (Å²) < 4.78 is 0.960. The first kappa shape index (κ1) is 13.5. The van der Waals surface area contributed by atoms with E-state index >= 15 is 0 Å². The summed E-state index contributed by atoms with van der Waals surface area (Å²) in [6.45, 7) is 5.22. The predicted octanol–water partition coefficient (Wildman–Crippen LogP) is 1.79. The number of nitrogens with one attached hydrogen (secondary N) is 1. The fourth-order valence-electron chi connectivity index (χ4n) is 2.23. The van der Waals surface area contributed by atoms with Gasteiger partial charge in [-0.15, -0.1) is 0 Å². The number of piperazine rings is 1. The van der Waals surface area contributed by atoms with E-state index in [0.717, 1.165) is 41.8 Å². The summed E-state index contributed by atoms with van der Waals surface area (Å²) in [4.78, 5) is 13.5. The second kappa shape index (κ2) is 5.82. The molecule has 0 saturated carbocycles. The molecule has 1 aliphatic rings. The van der Waals surface area contributed by atoms with E-state index in [1.807, 2.05) is 30.0 Å². The van der Waals surface area contributed by atoms with Gasteiger partial charge in [0.1, 0.15) is 6.04 Å². The van der Waals surface area contributed by atoms with E-state index in [1.165, 1.54) is 0 Å². The average Bonchev–Trinajstić information content (AvgIpc) is 2.35. The minimum absolute atomic E-state index is 0.552. The summed E-state index contributed by atoms with van der Waals surface area (Å²) in [5, 5.41) is 12.7. The van der Waals surface area contributed by atoms with Gasteiger partial charge in [-0.25, -0.2) is 0 Å². The molecule has 0 radical (unpaired) electrons. The number of rotatable bonds is 3. The largest absolute Gasteiger partial charge is 0.480 e. The monoisotopic (exact) mass is 312 g/mol. The molecular weight excluding hydrogens is 296 g/mol. The van der Waals surface area contributed by atoms with Crippen molar-refractivity contribution in [3.63, 3.8) is 0 Å². The molecule has 1 unspecified atom stereocenters. The highest BCUT2D eigenvalue weighted by molar-refractivity contribution is 9.10. The highest BCUT2D eigenvalue weighted by atomic mass is 79.9. The van der Waals surface area contributed by atoms with Crippen LogP contribution in [0.4, 0.5) is 0 Å². The van der Waals surface area contributed by atoms with Crippen molar-refractivity contribution in [3.05, 3.63) is 33.8 Å². The zero-order valence-corrected chi connectivity index (χ0v) is 11.9. The maximum absolute atomic E-state index is 11.5. The van der Waals surface area contributed by atoms with Crippen molar-refractivity contribution in [2.24, 2.45) is 0 Å². The van der Waals surface area contributed by atoms with E-state index in [1.54, 1.807) is 0 Å². The molecule has 18 heavy (non-hydrogen) atoms. The number of aliphatic carboxylic acids is 1. The fourth-order valence-corrected chi connectivity index (χ4v) is 2.63. The highest BCUT2D eigenvalue weighted by Crippen LogP contribution is 2.26. The fraction of sp³-hybridized carbons (Fsp3) is 0.462. The molecule has 1 saturated heterocycles. The van der Waals surface area contributed by atoms with Crippen LogP contribution in [0.5, 0.6) is 0 Å². The standard InChI is InChI=1S/C13H17BrN2O2/c1-9-2-3-10(8-11(9)14)12(13(17)18)16-6-4-15-5-7-16/h2-3,8,12,15H,4-7H2,1H3,(H,17,18). The summed E-state index contributed by atoms with van der Waals surface area (Å²) >= 11 is 3.46. The number of hydrogen-bond acceptors (Lipinski definition) is 3. The van der Waals surface area contributed by atoms with Crippen LogP contribution >= 0.6 is 15.9 Å². The number of halogens is 1. The van der Waals surface area contributed by atoms with Crippen LogP contribution < -0.4 is 5.32 Å². The molecule has 1 aromatic carbocycles. The summed E-state index contributed by atoms with van der Waals surface area (Å²) in [5.74, 6) is -0.785. The predicted molar refractivity (Wildman–Crippen MR) is 73.7 cm³/mol. The molecule has 5 heteroatoms. The van der Waals surface area contributed by atoms with Gasteiger partial charge in [-0.3, -0.25) is 9.69 Å². The van der Waals surface area contributed by atoms with Gasteiger partial charge < -0.3 is 10.4 Å². The summed E-state index contributed by atoms with van der Waals surface area (Å²) in [6.07, 6.45) is 0. The molecule has 1 atom stereocenters. The molecule has 1 aliphatic heterocycles. The van der Waals surface area contributed by atoms with E-state index in [4.69, 9.17) is 0 Å². The Morgan fingerprint density at radius 3 is 2.67 bits per heavy atom. The van der Waals surface area contributed by atoms with E-state index in [2.05, 4.69) is 21.2 Å². The van der Waals surface area contributed by atoms with E-state index < -0.39 is 12.0 Å². The summed E-state index contributed by atoms with van der Waals surface area (Å²) in [7, 11) is 0. The quantitative estimate of drug-likeness (QED) is 0.893. The first-order valence-electron chi connectivity index (χ1n) is 6.03. The van der Waals surface area contributed by atoms with Gasteiger partial charge >= 0.3 is 5.97 Å². The number of carboxylic acid groups (broad SMARTS) is 1. The van der Waals surface area contributed by atoms with Crippen molar-refractivity contribution in [2.45, 2.75) is 13.0 Å². The van der Waals surface area contributed by atoms with Crippen molar-refractivity contribution in [2.75, 3.05) is 26.2 Å². The Labute approximate surface area is 115 Å². The molecule has 1 aromatic rings. The molecule has 4 nitrogen and oxygen atoms in total. The summed E-state index contributed by atoms with van der Waals surface area (Å²) in [6, 6.07) is 5.22. The van der Waals surface area contributed by atoms with E-state index in [9.17, 15) is 9.90 Å². The average molecular weight is 313 g/mol. The van der Waals surface area contributed by atoms with Crippen LogP contribution in [-0.4, -0.2) is 42.2 Å². The van der Waals surface area contributed by atoms with Gasteiger partial charge in [-0.1, -0.05) is 28.1 Å². The van der Waals surface area contributed by atoms with Gasteiger partial charge in [0.15, 0.2) is 0 Å². The lowest BCUT2D eigenvalue weighted by atomic mass is 10.0. The van der Waals surface area contributed by atoms with Crippen LogP contribution in [0, 0.1) is 6.92 Å². The molecule has 0 aromatic heterocycles. The van der Waals surface area contributed by atoms with Gasteiger partial charge in [0.05, 0.1) is 0 Å². The number of carboxylic acids is 1. The topological polar surface area (TPSA) is 52.6 Å². The Balaban J connectivity index is 2.28. The van der Waals surface area contributed by atoms with Crippen LogP contribution in [0.25, 0.3) is 0 Å². The first-order chi connectivity index (χ1) is 8.59. The van der Waals surface area contributed by atoms with Gasteiger partial charge in [-0.05, 0) is 24.1 Å². The SMILES string of the molecule is Cc1ccc(C(C(=O)O)N2CCNCC2)cc1Br. The van der Waals surface area contributed by atoms with E-state index in [0.29, 0.717) is 0 Å². The molecule has 0 spiro atoms. The van der Waals surface area contributed by atoms with Crippen molar-refractivity contribution < 1.29 is 9.90 Å². The van der Waals surface area contributed by atoms with Crippen molar-refractivity contribution in [1.29, 1.82) is 0 Å². The van der Waals surface area contributed by atoms with Gasteiger partial charge in [0, 0.05) is 30.7 Å². The first-order valence-corrected chi connectivity index (χ1v) is 6.82. The molecular formula is C13H17BrN2O2. The Kier molecular flexibility index (Phi) is 4.37. The number of nitrogens with zero attached hydrogens (tertiary/aromatic N) is 1. The Hall–Kier alpha value is -0.910. The number of aryl methyl sites for hydroxylation is 1. The van der Waals surface area contributed by atoms with Crippen molar-refractivity contribution >= 4 is 21.9 Å². The third kappa shape index (κ3) is 2.91. The molecule has 2 rings (SSSR count). The van der Waals surface area contributed by atoms with Crippen LogP contribution in [0.15, 0.2) is 22.7 Å². The lowest BCUT2D eigenvalue weighted by Crippen LogP contribution is -2.47. The van der Waals surface area contributed by atoms with Crippen LogP contribution in [0.2, 0.25) is 0 Å². The molecule has 1 heterocycles. The number of benzene rings is 1. The third-order valence-electron chi connectivity index (χ3n) is 3.26. The minimum Gasteiger partial charge on any atom is -0.480 e. The molecule has 0 aliphatic carbocycles. The Morgan fingerprint density at radius 2 is 2.11 bits per heavy atom. The second-order valence-electron chi connectivity index (χ2n) is 4.54. The summed E-state index contributed by atoms with van der Waals surface area (Å²) in [5.41, 5.74) is 1.95. The second-order valence-corrected chi connectivity index (χ2v) is 5.39. The zero-order valence-electron chi connectivity index (χ0n) is 10.3. The molecule has 98 valence electrons. The lowest BCUT2D eigenvalue weighted by Gasteiger charge is -2.32. The Bertz CT molecular complexity index is 445. The number of carbonyl (C=O) groups is 1. The molecule has 2 N–H and O–H groups in total. The highest BCUT2D eigenvalue weighted by Gasteiger charge is 2.28. The van der Waals surface area contributed by atoms with Gasteiger partial charge in [-0.2, -0.15) is 0 Å². The van der Waals surface area contributed by atoms with Crippen molar-refractivity contribution in [3.8, 4) is 0 Å². The molecule has 1 fully saturated rings. The third-order valence-corrected chi connectivity index (χ3v) is 4.12. The lowest BCUT2D eigenvalue weighted by molar-refractivity contribution is -0.143. The van der Waals surface area contributed by atoms with Gasteiger partial charge in [0.2, 0.25) is 0 Å². The maximum atomic E-state index is 11.5. The Morgan fingerprint density at radius 1 is 1.44 bits per heavy atom. The van der Waals surface area contributed by atoms with Crippen LogP contribution in [0.3, 0.4) is 0 Å². The normalized spacial score (nSPS) is 18.6. The smallest absolute Gasteiger partial charge is 0.325 e. The van der Waals surface area contributed by atoms with E-state index in [-0.39, 0.29) is 0 Å². The zero-order chi connectivity index (χ0) is 13.1. The number of hydrogen-bond donors (Lipinski definition) is 2. The van der Waals surface area contributed by atoms with Gasteiger partial charge in [0.25, 0.3) is 0 Å². The molecule has 0 bridgehead atoms. The maximum Gasteiger partial charge on any atom is 0.325 e. The van der Waals surface area contributed by atoms with Crippen molar-refractivity contribution in [1.82, 2.24) is 10.2 Å². The van der Waals surface area contributed by atoms with Crippen LogP contribution in [0.1, 0.15) is 17.2 Å². The molecule has 0 amide bonds. The minimum atomic E-state index is -0.785. The van der Waals surface area contributed by atoms with Crippen LogP contribution in [-0.2, 0) is 4.79 Å².